The lowest BCUT2D eigenvalue weighted by molar-refractivity contribution is 0.0924. The number of aromatic nitrogens is 1. The maximum Gasteiger partial charge on any atom is 0.280 e. The van der Waals surface area contributed by atoms with Crippen LogP contribution in [0, 0.1) is 11.7 Å². The SMILES string of the molecule is O=C(NC1CC2CC1CN2)c1ncc(-c2cccc(F)c2)s1. The van der Waals surface area contributed by atoms with E-state index in [1.807, 2.05) is 6.07 Å². The van der Waals surface area contributed by atoms with Crippen LogP contribution in [-0.4, -0.2) is 29.5 Å². The summed E-state index contributed by atoms with van der Waals surface area (Å²) < 4.78 is 13.3. The van der Waals surface area contributed by atoms with Crippen molar-refractivity contribution >= 4 is 17.2 Å². The van der Waals surface area contributed by atoms with E-state index in [9.17, 15) is 9.18 Å². The first-order valence-electron chi connectivity index (χ1n) is 7.45. The Morgan fingerprint density at radius 1 is 1.41 bits per heavy atom. The summed E-state index contributed by atoms with van der Waals surface area (Å²) >= 11 is 1.30. The van der Waals surface area contributed by atoms with E-state index in [1.165, 1.54) is 23.5 Å². The number of fused-ring (bicyclic) bond motifs is 2. The van der Waals surface area contributed by atoms with Crippen LogP contribution in [0.4, 0.5) is 4.39 Å². The number of thiazole rings is 1. The van der Waals surface area contributed by atoms with Crippen molar-refractivity contribution in [2.45, 2.75) is 24.9 Å². The molecule has 2 heterocycles. The lowest BCUT2D eigenvalue weighted by Crippen LogP contribution is -2.44. The van der Waals surface area contributed by atoms with Crippen molar-refractivity contribution in [2.75, 3.05) is 6.54 Å². The normalized spacial score (nSPS) is 26.3. The molecule has 1 saturated carbocycles. The molecule has 2 aliphatic rings. The average molecular weight is 317 g/mol. The van der Waals surface area contributed by atoms with Crippen LogP contribution in [0.2, 0.25) is 0 Å². The molecule has 2 bridgehead atoms. The molecule has 2 fully saturated rings. The molecule has 2 N–H and O–H groups in total. The smallest absolute Gasteiger partial charge is 0.280 e. The number of nitrogens with one attached hydrogen (secondary N) is 2. The molecule has 1 aliphatic carbocycles. The van der Waals surface area contributed by atoms with E-state index in [1.54, 1.807) is 12.3 Å². The van der Waals surface area contributed by atoms with Crippen LogP contribution in [0.5, 0.6) is 0 Å². The molecule has 22 heavy (non-hydrogen) atoms. The summed E-state index contributed by atoms with van der Waals surface area (Å²) in [6.07, 6.45) is 3.78. The summed E-state index contributed by atoms with van der Waals surface area (Å²) in [5.41, 5.74) is 0.751. The molecule has 1 saturated heterocycles. The average Bonchev–Trinajstić information content (AvgIpc) is 3.23. The van der Waals surface area contributed by atoms with Gasteiger partial charge in [-0.3, -0.25) is 4.79 Å². The minimum absolute atomic E-state index is 0.120. The van der Waals surface area contributed by atoms with Crippen LogP contribution in [0.3, 0.4) is 0 Å². The van der Waals surface area contributed by atoms with E-state index in [4.69, 9.17) is 0 Å². The number of amides is 1. The van der Waals surface area contributed by atoms with Gasteiger partial charge in [-0.1, -0.05) is 12.1 Å². The largest absolute Gasteiger partial charge is 0.347 e. The molecular weight excluding hydrogens is 301 g/mol. The number of benzene rings is 1. The third-order valence-corrected chi connectivity index (χ3v) is 5.53. The zero-order chi connectivity index (χ0) is 15.1. The van der Waals surface area contributed by atoms with Gasteiger partial charge < -0.3 is 10.6 Å². The number of carbonyl (C=O) groups is 1. The second-order valence-corrected chi connectivity index (χ2v) is 6.99. The molecule has 114 valence electrons. The van der Waals surface area contributed by atoms with E-state index in [0.29, 0.717) is 17.0 Å². The molecule has 1 aromatic carbocycles. The zero-order valence-electron chi connectivity index (χ0n) is 11.9. The Kier molecular flexibility index (Phi) is 3.43. The summed E-state index contributed by atoms with van der Waals surface area (Å²) in [6.45, 7) is 0.988. The number of nitrogens with zero attached hydrogens (tertiary/aromatic N) is 1. The maximum atomic E-state index is 13.3. The molecule has 4 nitrogen and oxygen atoms in total. The van der Waals surface area contributed by atoms with Crippen molar-refractivity contribution in [1.29, 1.82) is 0 Å². The van der Waals surface area contributed by atoms with Crippen LogP contribution in [0.1, 0.15) is 22.6 Å². The number of halogens is 1. The van der Waals surface area contributed by atoms with E-state index >= 15 is 0 Å². The predicted octanol–water partition coefficient (Wildman–Crippen LogP) is 2.43. The molecule has 1 aliphatic heterocycles. The molecule has 1 aromatic heterocycles. The highest BCUT2D eigenvalue weighted by Gasteiger charge is 2.40. The topological polar surface area (TPSA) is 54.0 Å². The number of hydrogen-bond donors (Lipinski definition) is 2. The van der Waals surface area contributed by atoms with Gasteiger partial charge in [0.15, 0.2) is 5.01 Å². The maximum absolute atomic E-state index is 13.3. The summed E-state index contributed by atoms with van der Waals surface area (Å²) in [7, 11) is 0. The zero-order valence-corrected chi connectivity index (χ0v) is 12.7. The van der Waals surface area contributed by atoms with Crippen molar-refractivity contribution in [3.05, 3.63) is 41.3 Å². The number of hydrogen-bond acceptors (Lipinski definition) is 4. The quantitative estimate of drug-likeness (QED) is 0.914. The van der Waals surface area contributed by atoms with Crippen LogP contribution in [0.25, 0.3) is 10.4 Å². The lowest BCUT2D eigenvalue weighted by Gasteiger charge is -2.22. The third kappa shape index (κ3) is 2.53. The fourth-order valence-corrected chi connectivity index (χ4v) is 4.21. The molecule has 0 radical (unpaired) electrons. The van der Waals surface area contributed by atoms with Crippen molar-refractivity contribution in [1.82, 2.24) is 15.6 Å². The van der Waals surface area contributed by atoms with Gasteiger partial charge in [-0.15, -0.1) is 11.3 Å². The Hall–Kier alpha value is -1.79. The first-order valence-corrected chi connectivity index (χ1v) is 8.27. The molecule has 4 rings (SSSR count). The Morgan fingerprint density at radius 3 is 3.05 bits per heavy atom. The highest BCUT2D eigenvalue weighted by atomic mass is 32.1. The highest BCUT2D eigenvalue weighted by molar-refractivity contribution is 7.16. The minimum Gasteiger partial charge on any atom is -0.347 e. The molecule has 6 heteroatoms. The second kappa shape index (κ2) is 5.44. The van der Waals surface area contributed by atoms with Gasteiger partial charge in [0.1, 0.15) is 5.82 Å². The molecule has 3 atom stereocenters. The van der Waals surface area contributed by atoms with Crippen LogP contribution >= 0.6 is 11.3 Å². The van der Waals surface area contributed by atoms with Crippen molar-refractivity contribution < 1.29 is 9.18 Å². The van der Waals surface area contributed by atoms with Crippen molar-refractivity contribution in [3.8, 4) is 10.4 Å². The minimum atomic E-state index is -0.286. The van der Waals surface area contributed by atoms with Gasteiger partial charge in [0.05, 0.1) is 4.88 Å². The van der Waals surface area contributed by atoms with Crippen molar-refractivity contribution in [3.63, 3.8) is 0 Å². The van der Waals surface area contributed by atoms with Gasteiger partial charge in [0.25, 0.3) is 5.91 Å². The van der Waals surface area contributed by atoms with E-state index < -0.39 is 0 Å². The van der Waals surface area contributed by atoms with Crippen molar-refractivity contribution in [2.24, 2.45) is 5.92 Å². The Morgan fingerprint density at radius 2 is 2.32 bits per heavy atom. The summed E-state index contributed by atoms with van der Waals surface area (Å²) in [5.74, 6) is 0.133. The van der Waals surface area contributed by atoms with Gasteiger partial charge in [-0.05, 0) is 36.5 Å². The van der Waals surface area contributed by atoms with Gasteiger partial charge in [0.2, 0.25) is 0 Å². The summed E-state index contributed by atoms with van der Waals surface area (Å²) in [4.78, 5) is 17.3. The Bertz CT molecular complexity index is 717. The monoisotopic (exact) mass is 317 g/mol. The number of carbonyl (C=O) groups excluding carboxylic acids is 1. The fraction of sp³-hybridized carbons (Fsp3) is 0.375. The van der Waals surface area contributed by atoms with Crippen LogP contribution in [-0.2, 0) is 0 Å². The van der Waals surface area contributed by atoms with Gasteiger partial charge in [-0.25, -0.2) is 9.37 Å². The molecule has 2 aromatic rings. The van der Waals surface area contributed by atoms with Gasteiger partial charge >= 0.3 is 0 Å². The third-order valence-electron chi connectivity index (χ3n) is 4.49. The van der Waals surface area contributed by atoms with Crippen LogP contribution in [0.15, 0.2) is 30.5 Å². The predicted molar refractivity (Wildman–Crippen MR) is 83.3 cm³/mol. The van der Waals surface area contributed by atoms with Gasteiger partial charge in [0, 0.05) is 24.8 Å². The second-order valence-electron chi connectivity index (χ2n) is 5.96. The Labute approximate surface area is 131 Å². The Balaban J connectivity index is 1.48. The molecule has 0 spiro atoms. The molecule has 1 amide bonds. The number of piperidine rings is 1. The lowest BCUT2D eigenvalue weighted by atomic mass is 10.0. The van der Waals surface area contributed by atoms with Gasteiger partial charge in [-0.2, -0.15) is 0 Å². The highest BCUT2D eigenvalue weighted by Crippen LogP contribution is 2.32. The fourth-order valence-electron chi connectivity index (χ4n) is 3.40. The summed E-state index contributed by atoms with van der Waals surface area (Å²) in [5, 5.41) is 6.97. The first-order chi connectivity index (χ1) is 10.7. The first kappa shape index (κ1) is 13.8. The molecule has 3 unspecified atom stereocenters. The number of rotatable bonds is 3. The van der Waals surface area contributed by atoms with Crippen LogP contribution < -0.4 is 10.6 Å². The van der Waals surface area contributed by atoms with E-state index in [-0.39, 0.29) is 17.8 Å². The van der Waals surface area contributed by atoms with E-state index in [0.717, 1.165) is 29.8 Å². The standard InChI is InChI=1S/C16H16FN3OS/c17-11-3-1-2-9(4-11)14-8-19-16(22-14)15(21)20-13-6-12-5-10(13)7-18-12/h1-4,8,10,12-13,18H,5-7H2,(H,20,21). The van der Waals surface area contributed by atoms with E-state index in [2.05, 4.69) is 15.6 Å². The summed E-state index contributed by atoms with van der Waals surface area (Å²) in [6, 6.07) is 7.14. The molecular formula is C16H16FN3OS.